The minimum absolute atomic E-state index is 0.237. The van der Waals surface area contributed by atoms with E-state index in [0.717, 1.165) is 12.1 Å². The number of anilines is 2. The van der Waals surface area contributed by atoms with Crippen LogP contribution in [0.4, 0.5) is 24.5 Å². The van der Waals surface area contributed by atoms with Crippen molar-refractivity contribution in [1.29, 1.82) is 0 Å². The van der Waals surface area contributed by atoms with Crippen LogP contribution >= 0.6 is 0 Å². The van der Waals surface area contributed by atoms with Crippen molar-refractivity contribution in [3.05, 3.63) is 59.4 Å². The largest absolute Gasteiger partial charge is 0.370 e. The van der Waals surface area contributed by atoms with E-state index in [0.29, 0.717) is 11.3 Å². The summed E-state index contributed by atoms with van der Waals surface area (Å²) in [6.45, 7) is 0. The molecule has 102 valence electrons. The van der Waals surface area contributed by atoms with Crippen molar-refractivity contribution in [1.82, 2.24) is 0 Å². The molecule has 20 heavy (non-hydrogen) atoms. The molecule has 2 aromatic carbocycles. The number of fused-ring (bicyclic) bond motifs is 1. The monoisotopic (exact) mass is 278 g/mol. The van der Waals surface area contributed by atoms with E-state index in [2.05, 4.69) is 10.6 Å². The Kier molecular flexibility index (Phi) is 2.85. The molecule has 3 rings (SSSR count). The minimum Gasteiger partial charge on any atom is -0.370 e. The number of halogens is 3. The number of rotatable bonds is 2. The maximum absolute atomic E-state index is 13.2. The van der Waals surface area contributed by atoms with Crippen LogP contribution < -0.4 is 10.6 Å². The molecule has 3 nitrogen and oxygen atoms in total. The molecular weight excluding hydrogens is 269 g/mol. The Labute approximate surface area is 112 Å². The lowest BCUT2D eigenvalue weighted by atomic mass is 10.1. The normalized spacial score (nSPS) is 16.8. The van der Waals surface area contributed by atoms with Crippen LogP contribution in [0.15, 0.2) is 36.4 Å². The molecular formula is C14H9F3N2O. The van der Waals surface area contributed by atoms with Crippen molar-refractivity contribution in [3.8, 4) is 0 Å². The van der Waals surface area contributed by atoms with Gasteiger partial charge in [-0.2, -0.15) is 0 Å². The summed E-state index contributed by atoms with van der Waals surface area (Å²) in [6, 6.07) is 6.28. The maximum Gasteiger partial charge on any atom is 0.251 e. The van der Waals surface area contributed by atoms with Crippen LogP contribution in [0.5, 0.6) is 0 Å². The average molecular weight is 278 g/mol. The molecule has 0 saturated carbocycles. The zero-order valence-corrected chi connectivity index (χ0v) is 10.1. The third-order valence-corrected chi connectivity index (χ3v) is 3.08. The third kappa shape index (κ3) is 2.09. The standard InChI is InChI=1S/C14H9F3N2O/c15-7-1-4-12-9(5-7)13(14(20)19-12)18-8-2-3-10(16)11(17)6-8/h1-6,13,18H,(H,19,20). The molecule has 2 aromatic rings. The quantitative estimate of drug-likeness (QED) is 0.885. The summed E-state index contributed by atoms with van der Waals surface area (Å²) in [5.41, 5.74) is 1.16. The molecule has 1 atom stereocenters. The first-order chi connectivity index (χ1) is 9.54. The molecule has 0 radical (unpaired) electrons. The zero-order valence-electron chi connectivity index (χ0n) is 10.1. The lowest BCUT2D eigenvalue weighted by Gasteiger charge is -2.13. The second-order valence-corrected chi connectivity index (χ2v) is 4.43. The highest BCUT2D eigenvalue weighted by molar-refractivity contribution is 6.04. The Balaban J connectivity index is 1.93. The Morgan fingerprint density at radius 2 is 1.80 bits per heavy atom. The van der Waals surface area contributed by atoms with Gasteiger partial charge >= 0.3 is 0 Å². The van der Waals surface area contributed by atoms with Gasteiger partial charge in [0.05, 0.1) is 0 Å². The summed E-state index contributed by atoms with van der Waals surface area (Å²) >= 11 is 0. The van der Waals surface area contributed by atoms with Crippen LogP contribution in [0.2, 0.25) is 0 Å². The van der Waals surface area contributed by atoms with Crippen molar-refractivity contribution < 1.29 is 18.0 Å². The van der Waals surface area contributed by atoms with Crippen LogP contribution in [-0.4, -0.2) is 5.91 Å². The molecule has 1 unspecified atom stereocenters. The molecule has 2 N–H and O–H groups in total. The van der Waals surface area contributed by atoms with E-state index >= 15 is 0 Å². The highest BCUT2D eigenvalue weighted by Crippen LogP contribution is 2.33. The molecule has 1 heterocycles. The van der Waals surface area contributed by atoms with Crippen LogP contribution in [-0.2, 0) is 4.79 Å². The first-order valence-electron chi connectivity index (χ1n) is 5.86. The van der Waals surface area contributed by atoms with Gasteiger partial charge in [-0.15, -0.1) is 0 Å². The fourth-order valence-corrected chi connectivity index (χ4v) is 2.13. The van der Waals surface area contributed by atoms with E-state index in [1.807, 2.05) is 0 Å². The van der Waals surface area contributed by atoms with Crippen molar-refractivity contribution in [2.24, 2.45) is 0 Å². The summed E-state index contributed by atoms with van der Waals surface area (Å²) in [5, 5.41) is 5.34. The molecule has 1 aliphatic rings. The Morgan fingerprint density at radius 1 is 1.00 bits per heavy atom. The Hall–Kier alpha value is -2.50. The van der Waals surface area contributed by atoms with Gasteiger partial charge in [-0.3, -0.25) is 4.79 Å². The van der Waals surface area contributed by atoms with Crippen molar-refractivity contribution >= 4 is 17.3 Å². The Bertz CT molecular complexity index is 703. The van der Waals surface area contributed by atoms with Crippen LogP contribution in [0.1, 0.15) is 11.6 Å². The lowest BCUT2D eigenvalue weighted by molar-refractivity contribution is -0.116. The summed E-state index contributed by atoms with van der Waals surface area (Å²) in [4.78, 5) is 11.8. The van der Waals surface area contributed by atoms with E-state index in [-0.39, 0.29) is 11.6 Å². The second-order valence-electron chi connectivity index (χ2n) is 4.43. The number of amides is 1. The maximum atomic E-state index is 13.2. The number of hydrogen-bond acceptors (Lipinski definition) is 2. The molecule has 6 heteroatoms. The first-order valence-corrected chi connectivity index (χ1v) is 5.86. The SMILES string of the molecule is O=C1Nc2ccc(F)cc2C1Nc1ccc(F)c(F)c1. The van der Waals surface area contributed by atoms with Gasteiger partial charge in [0.25, 0.3) is 5.91 Å². The average Bonchev–Trinajstić information content (AvgIpc) is 2.70. The van der Waals surface area contributed by atoms with Gasteiger partial charge in [-0.1, -0.05) is 0 Å². The summed E-state index contributed by atoms with van der Waals surface area (Å²) in [5.74, 6) is -2.85. The van der Waals surface area contributed by atoms with Gasteiger partial charge in [0.2, 0.25) is 0 Å². The van der Waals surface area contributed by atoms with Crippen LogP contribution in [0.3, 0.4) is 0 Å². The van der Waals surface area contributed by atoms with Crippen LogP contribution in [0.25, 0.3) is 0 Å². The number of carbonyl (C=O) groups is 1. The molecule has 0 saturated heterocycles. The molecule has 1 aliphatic heterocycles. The molecule has 0 aromatic heterocycles. The minimum atomic E-state index is -1.02. The predicted octanol–water partition coefficient (Wildman–Crippen LogP) is 3.21. The number of carbonyl (C=O) groups excluding carboxylic acids is 1. The summed E-state index contributed by atoms with van der Waals surface area (Å²) < 4.78 is 39.2. The molecule has 0 fully saturated rings. The van der Waals surface area contributed by atoms with Gasteiger partial charge in [0, 0.05) is 23.0 Å². The van der Waals surface area contributed by atoms with E-state index in [1.54, 1.807) is 0 Å². The second kappa shape index (κ2) is 4.56. The van der Waals surface area contributed by atoms with E-state index in [4.69, 9.17) is 0 Å². The van der Waals surface area contributed by atoms with Gasteiger partial charge in [0.15, 0.2) is 11.6 Å². The fraction of sp³-hybridized carbons (Fsp3) is 0.0714. The molecule has 0 bridgehead atoms. The molecule has 1 amide bonds. The van der Waals surface area contributed by atoms with Gasteiger partial charge in [0.1, 0.15) is 11.9 Å². The number of benzene rings is 2. The topological polar surface area (TPSA) is 41.1 Å². The van der Waals surface area contributed by atoms with Crippen LogP contribution in [0, 0.1) is 17.5 Å². The lowest BCUT2D eigenvalue weighted by Crippen LogP contribution is -2.19. The predicted molar refractivity (Wildman–Crippen MR) is 67.8 cm³/mol. The van der Waals surface area contributed by atoms with Crippen molar-refractivity contribution in [2.75, 3.05) is 10.6 Å². The van der Waals surface area contributed by atoms with E-state index < -0.39 is 23.5 Å². The fourth-order valence-electron chi connectivity index (χ4n) is 2.13. The summed E-state index contributed by atoms with van der Waals surface area (Å²) in [6.07, 6.45) is 0. The highest BCUT2D eigenvalue weighted by Gasteiger charge is 2.30. The first kappa shape index (κ1) is 12.5. The Morgan fingerprint density at radius 3 is 2.55 bits per heavy atom. The zero-order chi connectivity index (χ0) is 14.3. The highest BCUT2D eigenvalue weighted by atomic mass is 19.2. The molecule has 0 spiro atoms. The van der Waals surface area contributed by atoms with E-state index in [9.17, 15) is 18.0 Å². The van der Waals surface area contributed by atoms with Gasteiger partial charge in [-0.25, -0.2) is 13.2 Å². The third-order valence-electron chi connectivity index (χ3n) is 3.08. The van der Waals surface area contributed by atoms with Crippen molar-refractivity contribution in [3.63, 3.8) is 0 Å². The van der Waals surface area contributed by atoms with Gasteiger partial charge < -0.3 is 10.6 Å². The molecule has 0 aliphatic carbocycles. The van der Waals surface area contributed by atoms with Crippen molar-refractivity contribution in [2.45, 2.75) is 6.04 Å². The summed E-state index contributed by atoms with van der Waals surface area (Å²) in [7, 11) is 0. The number of hydrogen-bond donors (Lipinski definition) is 2. The van der Waals surface area contributed by atoms with E-state index in [1.165, 1.54) is 24.3 Å². The van der Waals surface area contributed by atoms with Gasteiger partial charge in [-0.05, 0) is 30.3 Å². The number of nitrogens with one attached hydrogen (secondary N) is 2. The smallest absolute Gasteiger partial charge is 0.251 e.